The molecule has 1 aliphatic rings. The molecule has 1 aliphatic heterocycles. The summed E-state index contributed by atoms with van der Waals surface area (Å²) < 4.78 is 10.9. The lowest BCUT2D eigenvalue weighted by molar-refractivity contribution is 0.0954. The van der Waals surface area contributed by atoms with Crippen LogP contribution >= 0.6 is 0 Å². The van der Waals surface area contributed by atoms with Gasteiger partial charge >= 0.3 is 0 Å². The maximum absolute atomic E-state index is 13.1. The number of fused-ring (bicyclic) bond motifs is 2. The summed E-state index contributed by atoms with van der Waals surface area (Å²) in [7, 11) is 0. The van der Waals surface area contributed by atoms with Gasteiger partial charge < -0.3 is 14.8 Å². The third-order valence-corrected chi connectivity index (χ3v) is 6.45. The normalized spacial score (nSPS) is 12.3. The van der Waals surface area contributed by atoms with Gasteiger partial charge in [-0.25, -0.2) is 4.98 Å². The Bertz CT molecular complexity index is 1100. The summed E-state index contributed by atoms with van der Waals surface area (Å²) in [4.78, 5) is 17.9. The van der Waals surface area contributed by atoms with Crippen LogP contribution in [0.25, 0.3) is 22.2 Å². The fourth-order valence-corrected chi connectivity index (χ4v) is 4.48. The lowest BCUT2D eigenvalue weighted by atomic mass is 10.0. The number of pyridine rings is 1. The summed E-state index contributed by atoms with van der Waals surface area (Å²) in [6, 6.07) is 15.5. The minimum atomic E-state index is -0.0449. The predicted octanol–water partition coefficient (Wildman–Crippen LogP) is 7.28. The van der Waals surface area contributed by atoms with Crippen LogP contribution in [0.15, 0.2) is 48.5 Å². The Kier molecular flexibility index (Phi) is 8.78. The van der Waals surface area contributed by atoms with Gasteiger partial charge in [-0.15, -0.1) is 0 Å². The van der Waals surface area contributed by atoms with Crippen LogP contribution in [-0.2, 0) is 0 Å². The molecule has 3 aromatic rings. The molecule has 2 aromatic carbocycles. The van der Waals surface area contributed by atoms with Crippen molar-refractivity contribution in [3.63, 3.8) is 0 Å². The zero-order valence-corrected chi connectivity index (χ0v) is 20.3. The number of unbranched alkanes of at least 4 members (excludes halogenated alkanes) is 9. The van der Waals surface area contributed by atoms with Crippen molar-refractivity contribution >= 4 is 16.8 Å². The number of aromatic nitrogens is 1. The topological polar surface area (TPSA) is 60.5 Å². The Balaban J connectivity index is 1.32. The van der Waals surface area contributed by atoms with Crippen LogP contribution in [0.2, 0.25) is 0 Å². The zero-order chi connectivity index (χ0) is 23.6. The van der Waals surface area contributed by atoms with Crippen molar-refractivity contribution in [2.45, 2.75) is 71.1 Å². The minimum absolute atomic E-state index is 0.0449. The van der Waals surface area contributed by atoms with E-state index >= 15 is 0 Å². The number of carbonyl (C=O) groups excluding carboxylic acids is 1. The number of ether oxygens (including phenoxy) is 2. The Morgan fingerprint density at radius 2 is 1.56 bits per heavy atom. The number of hydrogen-bond donors (Lipinski definition) is 1. The minimum Gasteiger partial charge on any atom is -0.454 e. The summed E-state index contributed by atoms with van der Waals surface area (Å²) in [5.41, 5.74) is 3.12. The number of nitrogens with zero attached hydrogens (tertiary/aromatic N) is 1. The van der Waals surface area contributed by atoms with Crippen molar-refractivity contribution in [1.82, 2.24) is 10.3 Å². The molecule has 180 valence electrons. The number of hydrogen-bond acceptors (Lipinski definition) is 4. The van der Waals surface area contributed by atoms with Crippen molar-refractivity contribution in [2.24, 2.45) is 0 Å². The van der Waals surface area contributed by atoms with Crippen LogP contribution < -0.4 is 14.8 Å². The lowest BCUT2D eigenvalue weighted by Crippen LogP contribution is -2.24. The third kappa shape index (κ3) is 6.28. The Morgan fingerprint density at radius 3 is 2.35 bits per heavy atom. The second kappa shape index (κ2) is 12.4. The van der Waals surface area contributed by atoms with Gasteiger partial charge in [0, 0.05) is 17.5 Å². The molecule has 0 saturated heterocycles. The number of benzene rings is 2. The van der Waals surface area contributed by atoms with E-state index in [9.17, 15) is 4.79 Å². The van der Waals surface area contributed by atoms with E-state index in [2.05, 4.69) is 12.2 Å². The molecule has 5 nitrogen and oxygen atoms in total. The molecule has 0 spiro atoms. The van der Waals surface area contributed by atoms with Gasteiger partial charge in [-0.2, -0.15) is 0 Å². The van der Waals surface area contributed by atoms with Crippen molar-refractivity contribution in [1.29, 1.82) is 0 Å². The average molecular weight is 461 g/mol. The van der Waals surface area contributed by atoms with Crippen molar-refractivity contribution in [3.8, 4) is 22.8 Å². The van der Waals surface area contributed by atoms with Gasteiger partial charge in [-0.1, -0.05) is 82.9 Å². The van der Waals surface area contributed by atoms with Crippen LogP contribution in [0.5, 0.6) is 11.5 Å². The predicted molar refractivity (Wildman–Crippen MR) is 137 cm³/mol. The van der Waals surface area contributed by atoms with Gasteiger partial charge in [0.2, 0.25) is 6.79 Å². The van der Waals surface area contributed by atoms with Gasteiger partial charge in [0.05, 0.1) is 16.8 Å². The summed E-state index contributed by atoms with van der Waals surface area (Å²) in [6.07, 6.45) is 12.8. The van der Waals surface area contributed by atoms with Gasteiger partial charge in [-0.3, -0.25) is 4.79 Å². The van der Waals surface area contributed by atoms with Crippen molar-refractivity contribution in [2.75, 3.05) is 13.3 Å². The summed E-state index contributed by atoms with van der Waals surface area (Å²) in [6.45, 7) is 3.19. The van der Waals surface area contributed by atoms with Crippen LogP contribution in [0, 0.1) is 0 Å². The third-order valence-electron chi connectivity index (χ3n) is 6.45. The average Bonchev–Trinajstić information content (AvgIpc) is 3.34. The number of nitrogens with one attached hydrogen (secondary N) is 1. The molecule has 34 heavy (non-hydrogen) atoms. The standard InChI is InChI=1S/C29H36N2O3/c1-2-3-4-5-6-7-8-9-10-13-18-30-29(32)24-20-26(31-25-15-12-11-14-23(24)25)22-16-17-27-28(19-22)34-21-33-27/h11-12,14-17,19-20H,2-10,13,18,21H2,1H3,(H,30,32). The fraction of sp³-hybridized carbons (Fsp3) is 0.448. The molecule has 0 radical (unpaired) electrons. The quantitative estimate of drug-likeness (QED) is 0.272. The van der Waals surface area contributed by atoms with E-state index in [0.29, 0.717) is 17.9 Å². The van der Waals surface area contributed by atoms with E-state index in [4.69, 9.17) is 14.5 Å². The first-order chi connectivity index (χ1) is 16.8. The first-order valence-electron chi connectivity index (χ1n) is 12.8. The second-order valence-electron chi connectivity index (χ2n) is 9.08. The largest absolute Gasteiger partial charge is 0.454 e. The molecule has 5 heteroatoms. The molecule has 2 heterocycles. The molecule has 0 atom stereocenters. The number of para-hydroxylation sites is 1. The summed E-state index contributed by atoms with van der Waals surface area (Å²) >= 11 is 0. The molecule has 1 aromatic heterocycles. The van der Waals surface area contributed by atoms with Crippen LogP contribution in [0.4, 0.5) is 0 Å². The van der Waals surface area contributed by atoms with Gasteiger partial charge in [0.1, 0.15) is 0 Å². The SMILES string of the molecule is CCCCCCCCCCCCNC(=O)c1cc(-c2ccc3c(c2)OCO3)nc2ccccc12. The van der Waals surface area contributed by atoms with Crippen LogP contribution in [0.1, 0.15) is 81.5 Å². The molecule has 0 bridgehead atoms. The molecule has 0 unspecified atom stereocenters. The molecule has 4 rings (SSSR count). The highest BCUT2D eigenvalue weighted by Crippen LogP contribution is 2.36. The first-order valence-corrected chi connectivity index (χ1v) is 12.8. The molecule has 1 amide bonds. The fourth-order valence-electron chi connectivity index (χ4n) is 4.48. The molecule has 0 saturated carbocycles. The van der Waals surface area contributed by atoms with E-state index in [0.717, 1.165) is 40.8 Å². The first kappa shape index (κ1) is 24.1. The van der Waals surface area contributed by atoms with Crippen LogP contribution in [-0.4, -0.2) is 24.2 Å². The number of amides is 1. The van der Waals surface area contributed by atoms with E-state index in [1.165, 1.54) is 51.4 Å². The zero-order valence-electron chi connectivity index (χ0n) is 20.3. The monoisotopic (exact) mass is 460 g/mol. The Morgan fingerprint density at radius 1 is 0.853 bits per heavy atom. The summed E-state index contributed by atoms with van der Waals surface area (Å²) in [5.74, 6) is 1.40. The number of carbonyl (C=O) groups is 1. The second-order valence-corrected chi connectivity index (χ2v) is 9.08. The Hall–Kier alpha value is -3.08. The van der Waals surface area contributed by atoms with Crippen molar-refractivity contribution < 1.29 is 14.3 Å². The molecule has 1 N–H and O–H groups in total. The van der Waals surface area contributed by atoms with E-state index in [-0.39, 0.29) is 12.7 Å². The molecule has 0 aliphatic carbocycles. The maximum atomic E-state index is 13.1. The van der Waals surface area contributed by atoms with Gasteiger partial charge in [-0.05, 0) is 36.8 Å². The highest BCUT2D eigenvalue weighted by Gasteiger charge is 2.17. The van der Waals surface area contributed by atoms with E-state index in [1.807, 2.05) is 48.5 Å². The van der Waals surface area contributed by atoms with E-state index < -0.39 is 0 Å². The highest BCUT2D eigenvalue weighted by atomic mass is 16.7. The van der Waals surface area contributed by atoms with Gasteiger partial charge in [0.25, 0.3) is 5.91 Å². The molecular formula is C29H36N2O3. The number of rotatable bonds is 13. The molecule has 0 fully saturated rings. The Labute approximate surface area is 202 Å². The van der Waals surface area contributed by atoms with E-state index in [1.54, 1.807) is 0 Å². The summed E-state index contributed by atoms with van der Waals surface area (Å²) in [5, 5.41) is 3.99. The van der Waals surface area contributed by atoms with Gasteiger partial charge in [0.15, 0.2) is 11.5 Å². The highest BCUT2D eigenvalue weighted by molar-refractivity contribution is 6.07. The van der Waals surface area contributed by atoms with Crippen LogP contribution in [0.3, 0.4) is 0 Å². The maximum Gasteiger partial charge on any atom is 0.252 e. The van der Waals surface area contributed by atoms with Crippen molar-refractivity contribution in [3.05, 3.63) is 54.1 Å². The smallest absolute Gasteiger partial charge is 0.252 e. The lowest BCUT2D eigenvalue weighted by Gasteiger charge is -2.11. The molecular weight excluding hydrogens is 424 g/mol.